The number of aromatic nitrogens is 1. The SMILES string of the molecule is CCC(C)/N=c1/ccc2nc3c(C(N)=O)cc(O)c(O)c3oc-2c1. The summed E-state index contributed by atoms with van der Waals surface area (Å²) in [6, 6.07) is 6.44. The zero-order valence-corrected chi connectivity index (χ0v) is 13.3. The highest BCUT2D eigenvalue weighted by molar-refractivity contribution is 6.06. The lowest BCUT2D eigenvalue weighted by Gasteiger charge is -2.10. The molecule has 1 atom stereocenters. The molecule has 1 amide bonds. The van der Waals surface area contributed by atoms with Gasteiger partial charge in [-0.25, -0.2) is 4.98 Å². The standard InChI is InChI=1S/C17H17N3O4/c1-3-8(2)19-9-4-5-11-13(6-9)24-16-14(20-11)10(17(18)23)7-12(21)15(16)22/h4-8,21-22H,3H2,1-2H3,(H2,18,23)/b19-9-. The Kier molecular flexibility index (Phi) is 3.84. The van der Waals surface area contributed by atoms with E-state index in [1.54, 1.807) is 18.2 Å². The van der Waals surface area contributed by atoms with E-state index >= 15 is 0 Å². The van der Waals surface area contributed by atoms with E-state index in [-0.39, 0.29) is 22.7 Å². The van der Waals surface area contributed by atoms with Crippen LogP contribution >= 0.6 is 0 Å². The van der Waals surface area contributed by atoms with E-state index in [1.165, 1.54) is 0 Å². The second-order valence-electron chi connectivity index (χ2n) is 5.59. The molecule has 0 fully saturated rings. The van der Waals surface area contributed by atoms with Gasteiger partial charge in [0, 0.05) is 12.1 Å². The van der Waals surface area contributed by atoms with E-state index in [9.17, 15) is 15.0 Å². The lowest BCUT2D eigenvalue weighted by atomic mass is 10.1. The van der Waals surface area contributed by atoms with E-state index < -0.39 is 17.4 Å². The number of nitrogens with zero attached hydrogens (tertiary/aromatic N) is 2. The minimum absolute atomic E-state index is 0.0284. The van der Waals surface area contributed by atoms with E-state index in [4.69, 9.17) is 10.2 Å². The van der Waals surface area contributed by atoms with Crippen molar-refractivity contribution in [2.45, 2.75) is 26.3 Å². The number of hydrogen-bond acceptors (Lipinski definition) is 6. The largest absolute Gasteiger partial charge is 0.504 e. The monoisotopic (exact) mass is 327 g/mol. The quantitative estimate of drug-likeness (QED) is 0.502. The van der Waals surface area contributed by atoms with Gasteiger partial charge < -0.3 is 20.4 Å². The molecule has 0 saturated heterocycles. The zero-order valence-electron chi connectivity index (χ0n) is 13.3. The van der Waals surface area contributed by atoms with Gasteiger partial charge in [-0.2, -0.15) is 0 Å². The molecule has 1 heterocycles. The molecule has 0 spiro atoms. The van der Waals surface area contributed by atoms with Gasteiger partial charge in [0.25, 0.3) is 5.91 Å². The number of phenolic OH excluding ortho intramolecular Hbond substituents is 2. The van der Waals surface area contributed by atoms with Gasteiger partial charge in [0.15, 0.2) is 17.1 Å². The Morgan fingerprint density at radius 2 is 2.12 bits per heavy atom. The number of rotatable bonds is 3. The Hall–Kier alpha value is -3.09. The van der Waals surface area contributed by atoms with Crippen molar-refractivity contribution in [1.29, 1.82) is 0 Å². The van der Waals surface area contributed by atoms with Crippen molar-refractivity contribution in [2.75, 3.05) is 0 Å². The molecular formula is C17H17N3O4. The van der Waals surface area contributed by atoms with Crippen molar-refractivity contribution in [3.63, 3.8) is 0 Å². The lowest BCUT2D eigenvalue weighted by Crippen LogP contribution is -2.13. The third kappa shape index (κ3) is 2.64. The minimum atomic E-state index is -0.777. The summed E-state index contributed by atoms with van der Waals surface area (Å²) in [6.07, 6.45) is 0.905. The third-order valence-corrected chi connectivity index (χ3v) is 3.82. The van der Waals surface area contributed by atoms with E-state index in [1.807, 2.05) is 13.8 Å². The summed E-state index contributed by atoms with van der Waals surface area (Å²) in [5.41, 5.74) is 5.76. The topological polar surface area (TPSA) is 122 Å². The highest BCUT2D eigenvalue weighted by atomic mass is 16.4. The fourth-order valence-corrected chi connectivity index (χ4v) is 2.35. The van der Waals surface area contributed by atoms with Gasteiger partial charge in [0.05, 0.1) is 10.9 Å². The van der Waals surface area contributed by atoms with Crippen molar-refractivity contribution in [3.05, 3.63) is 35.2 Å². The summed E-state index contributed by atoms with van der Waals surface area (Å²) in [5, 5.41) is 20.5. The first-order valence-corrected chi connectivity index (χ1v) is 7.54. The molecule has 0 radical (unpaired) electrons. The van der Waals surface area contributed by atoms with Crippen LogP contribution in [-0.4, -0.2) is 27.1 Å². The summed E-state index contributed by atoms with van der Waals surface area (Å²) in [5.74, 6) is -1.39. The molecule has 4 N–H and O–H groups in total. The molecule has 2 aliphatic rings. The number of nitrogens with two attached hydrogens (primary N) is 1. The van der Waals surface area contributed by atoms with E-state index in [0.29, 0.717) is 11.5 Å². The summed E-state index contributed by atoms with van der Waals surface area (Å²) < 4.78 is 5.66. The second-order valence-corrected chi connectivity index (χ2v) is 5.59. The van der Waals surface area contributed by atoms with Crippen molar-refractivity contribution >= 4 is 17.0 Å². The molecule has 3 rings (SSSR count). The van der Waals surface area contributed by atoms with Crippen molar-refractivity contribution in [1.82, 2.24) is 4.98 Å². The van der Waals surface area contributed by atoms with E-state index in [0.717, 1.165) is 17.8 Å². The smallest absolute Gasteiger partial charge is 0.251 e. The normalized spacial score (nSPS) is 13.5. The fourth-order valence-electron chi connectivity index (χ4n) is 2.35. The average Bonchev–Trinajstić information content (AvgIpc) is 2.56. The summed E-state index contributed by atoms with van der Waals surface area (Å²) in [4.78, 5) is 20.4. The number of benzene rings is 2. The number of primary amides is 1. The number of carbonyl (C=O) groups is 1. The Morgan fingerprint density at radius 1 is 1.38 bits per heavy atom. The van der Waals surface area contributed by atoms with Gasteiger partial charge in [-0.05, 0) is 31.5 Å². The van der Waals surface area contributed by atoms with Crippen LogP contribution in [0.1, 0.15) is 30.6 Å². The molecule has 24 heavy (non-hydrogen) atoms. The number of hydrogen-bond donors (Lipinski definition) is 3. The van der Waals surface area contributed by atoms with Crippen LogP contribution in [0.2, 0.25) is 0 Å². The van der Waals surface area contributed by atoms with Crippen LogP contribution in [0, 0.1) is 0 Å². The van der Waals surface area contributed by atoms with Crippen LogP contribution in [0.5, 0.6) is 11.5 Å². The molecular weight excluding hydrogens is 310 g/mol. The molecule has 0 aromatic heterocycles. The van der Waals surface area contributed by atoms with Gasteiger partial charge in [-0.3, -0.25) is 9.79 Å². The average molecular weight is 327 g/mol. The van der Waals surface area contributed by atoms with Crippen LogP contribution < -0.4 is 11.1 Å². The molecule has 124 valence electrons. The third-order valence-electron chi connectivity index (χ3n) is 3.82. The van der Waals surface area contributed by atoms with E-state index in [2.05, 4.69) is 9.98 Å². The van der Waals surface area contributed by atoms with Crippen molar-refractivity contribution in [3.8, 4) is 23.0 Å². The predicted molar refractivity (Wildman–Crippen MR) is 87.8 cm³/mol. The van der Waals surface area contributed by atoms with Crippen LogP contribution in [-0.2, 0) is 0 Å². The Balaban J connectivity index is 2.34. The maximum absolute atomic E-state index is 11.6. The molecule has 0 bridgehead atoms. The summed E-state index contributed by atoms with van der Waals surface area (Å²) in [6.45, 7) is 4.05. The maximum atomic E-state index is 11.6. The van der Waals surface area contributed by atoms with Crippen LogP contribution in [0.25, 0.3) is 22.6 Å². The minimum Gasteiger partial charge on any atom is -0.504 e. The number of carbonyl (C=O) groups excluding carboxylic acids is 1. The van der Waals surface area contributed by atoms with Gasteiger partial charge in [0.1, 0.15) is 11.2 Å². The first-order valence-electron chi connectivity index (χ1n) is 7.54. The van der Waals surface area contributed by atoms with Crippen LogP contribution in [0.15, 0.2) is 33.7 Å². The predicted octanol–water partition coefficient (Wildman–Crippen LogP) is 2.14. The summed E-state index contributed by atoms with van der Waals surface area (Å²) in [7, 11) is 0. The first kappa shape index (κ1) is 15.8. The number of fused-ring (bicyclic) bond motifs is 2. The Morgan fingerprint density at radius 3 is 2.79 bits per heavy atom. The van der Waals surface area contributed by atoms with Gasteiger partial charge in [0.2, 0.25) is 5.75 Å². The lowest BCUT2D eigenvalue weighted by molar-refractivity contribution is 0.100. The molecule has 7 nitrogen and oxygen atoms in total. The molecule has 1 aliphatic heterocycles. The Bertz CT molecular complexity index is 978. The maximum Gasteiger partial charge on any atom is 0.251 e. The van der Waals surface area contributed by atoms with Crippen LogP contribution in [0.4, 0.5) is 0 Å². The molecule has 0 saturated carbocycles. The number of aromatic hydroxyl groups is 2. The van der Waals surface area contributed by atoms with Gasteiger partial charge in [-0.15, -0.1) is 0 Å². The summed E-state index contributed by atoms with van der Waals surface area (Å²) >= 11 is 0. The molecule has 1 aromatic rings. The first-order chi connectivity index (χ1) is 11.4. The zero-order chi connectivity index (χ0) is 17.4. The second kappa shape index (κ2) is 5.84. The highest BCUT2D eigenvalue weighted by Crippen LogP contribution is 2.37. The molecule has 7 heteroatoms. The van der Waals surface area contributed by atoms with Crippen LogP contribution in [0.3, 0.4) is 0 Å². The van der Waals surface area contributed by atoms with Gasteiger partial charge in [-0.1, -0.05) is 6.92 Å². The molecule has 1 unspecified atom stereocenters. The van der Waals surface area contributed by atoms with Crippen molar-refractivity contribution in [2.24, 2.45) is 10.7 Å². The highest BCUT2D eigenvalue weighted by Gasteiger charge is 2.20. The van der Waals surface area contributed by atoms with Crippen molar-refractivity contribution < 1.29 is 19.4 Å². The fraction of sp³-hybridized carbons (Fsp3) is 0.235. The van der Waals surface area contributed by atoms with Gasteiger partial charge >= 0.3 is 0 Å². The number of phenols is 2. The Labute approximate surface area is 137 Å². The molecule has 1 aliphatic carbocycles. The molecule has 1 aromatic carbocycles. The number of amides is 1.